The molecule has 3 atom stereocenters. The number of fused-ring (bicyclic) bond motifs is 7. The standard InChI is InChI=1S/C34H31N3O7S/c38-20-8-11-27-29(16-20)43-30-17-21(39)9-12-28(30)34(27)26-10-7-19(15-24(26)31(40)44-34)37-32(45)35-13-14-36-33(41)42-18-25-22-5-3-1-2-4-6-23(22)25/h7-12,15-17,22-23,25,38-39H,3-6,13-14,18H2,(H,36,41)(H2,35,37,45)/t22-,23+,25-. The van der Waals surface area contributed by atoms with Crippen LogP contribution in [0.2, 0.25) is 0 Å². The number of hydrogen-bond donors (Lipinski definition) is 5. The number of esters is 1. The molecular formula is C34H31N3O7S. The molecule has 0 saturated heterocycles. The number of anilines is 1. The average Bonchev–Trinajstić information content (AvgIpc) is 3.56. The highest BCUT2D eigenvalue weighted by atomic mass is 32.1. The molecule has 0 aromatic heterocycles. The topological polar surface area (TPSA) is 138 Å². The smallest absolute Gasteiger partial charge is 0.407 e. The number of rotatable bonds is 6. The molecule has 1 spiro atoms. The van der Waals surface area contributed by atoms with Crippen molar-refractivity contribution in [3.05, 3.63) is 76.9 Å². The maximum absolute atomic E-state index is 13.3. The summed E-state index contributed by atoms with van der Waals surface area (Å²) >= 11 is 5.44. The van der Waals surface area contributed by atoms with Crippen LogP contribution >= 0.6 is 12.2 Å². The number of hydrogen-bond acceptors (Lipinski definition) is 8. The van der Waals surface area contributed by atoms with E-state index in [2.05, 4.69) is 27.8 Å². The van der Waals surface area contributed by atoms with Crippen LogP contribution in [0.5, 0.6) is 23.0 Å². The van der Waals surface area contributed by atoms with Crippen LogP contribution in [0.1, 0.15) is 52.7 Å². The van der Waals surface area contributed by atoms with E-state index in [9.17, 15) is 19.8 Å². The average molecular weight is 626 g/mol. The Morgan fingerprint density at radius 1 is 0.911 bits per heavy atom. The molecule has 4 aliphatic rings. The van der Waals surface area contributed by atoms with Gasteiger partial charge in [-0.2, -0.15) is 0 Å². The van der Waals surface area contributed by atoms with Gasteiger partial charge in [-0.25, -0.2) is 9.59 Å². The first-order valence-electron chi connectivity index (χ1n) is 15.0. The van der Waals surface area contributed by atoms with E-state index in [1.165, 1.54) is 24.3 Å². The van der Waals surface area contributed by atoms with Crippen LogP contribution < -0.4 is 20.7 Å². The molecule has 1 amide bonds. The molecule has 1 fully saturated rings. The predicted octanol–water partition coefficient (Wildman–Crippen LogP) is 5.12. The Hall–Kier alpha value is -4.95. The predicted molar refractivity (Wildman–Crippen MR) is 168 cm³/mol. The van der Waals surface area contributed by atoms with Gasteiger partial charge in [-0.05, 0) is 79.2 Å². The number of carbonyl (C=O) groups excluding carboxylic acids is 2. The molecule has 45 heavy (non-hydrogen) atoms. The fourth-order valence-corrected chi connectivity index (χ4v) is 7.02. The highest BCUT2D eigenvalue weighted by molar-refractivity contribution is 7.80. The lowest BCUT2D eigenvalue weighted by Gasteiger charge is -2.36. The zero-order chi connectivity index (χ0) is 31.1. The maximum atomic E-state index is 13.3. The third kappa shape index (κ3) is 5.36. The molecule has 230 valence electrons. The lowest BCUT2D eigenvalue weighted by atomic mass is 9.77. The molecule has 0 bridgehead atoms. The van der Waals surface area contributed by atoms with E-state index in [0.29, 0.717) is 82.0 Å². The summed E-state index contributed by atoms with van der Waals surface area (Å²) in [7, 11) is 0. The summed E-state index contributed by atoms with van der Waals surface area (Å²) in [5.41, 5.74) is 1.25. The maximum Gasteiger partial charge on any atom is 0.407 e. The summed E-state index contributed by atoms with van der Waals surface area (Å²) in [6, 6.07) is 14.5. The second-order valence-corrected chi connectivity index (χ2v) is 12.0. The molecule has 1 saturated carbocycles. The van der Waals surface area contributed by atoms with E-state index in [1.54, 1.807) is 30.3 Å². The number of benzene rings is 3. The van der Waals surface area contributed by atoms with E-state index in [0.717, 1.165) is 25.7 Å². The van der Waals surface area contributed by atoms with Gasteiger partial charge in [0.1, 0.15) is 23.0 Å². The number of alkyl carbamates (subject to hydrolysis) is 1. The van der Waals surface area contributed by atoms with Gasteiger partial charge in [0.2, 0.25) is 0 Å². The largest absolute Gasteiger partial charge is 0.508 e. The Morgan fingerprint density at radius 3 is 2.20 bits per heavy atom. The molecule has 0 radical (unpaired) electrons. The van der Waals surface area contributed by atoms with Gasteiger partial charge in [0, 0.05) is 60.4 Å². The van der Waals surface area contributed by atoms with E-state index in [4.69, 9.17) is 26.4 Å². The van der Waals surface area contributed by atoms with Gasteiger partial charge in [-0.15, -0.1) is 11.8 Å². The Labute approximate surface area is 265 Å². The molecule has 3 aromatic carbocycles. The van der Waals surface area contributed by atoms with Crippen LogP contribution in [0, 0.1) is 29.6 Å². The second-order valence-electron chi connectivity index (χ2n) is 11.6. The number of phenolic OH excluding ortho intramolecular Hbond substituents is 2. The van der Waals surface area contributed by atoms with Gasteiger partial charge in [0.25, 0.3) is 0 Å². The van der Waals surface area contributed by atoms with Crippen LogP contribution in [-0.2, 0) is 15.1 Å². The van der Waals surface area contributed by atoms with Gasteiger partial charge in [0.15, 0.2) is 10.7 Å². The summed E-state index contributed by atoms with van der Waals surface area (Å²) < 4.78 is 17.6. The van der Waals surface area contributed by atoms with Crippen molar-refractivity contribution in [1.82, 2.24) is 10.6 Å². The minimum Gasteiger partial charge on any atom is -0.508 e. The van der Waals surface area contributed by atoms with Gasteiger partial charge in [-0.3, -0.25) is 0 Å². The molecule has 3 aromatic rings. The summed E-state index contributed by atoms with van der Waals surface area (Å²) in [5.74, 6) is 8.12. The Morgan fingerprint density at radius 2 is 1.53 bits per heavy atom. The second kappa shape index (κ2) is 11.5. The molecule has 2 aliphatic heterocycles. The monoisotopic (exact) mass is 625 g/mol. The van der Waals surface area contributed by atoms with Crippen LogP contribution in [0.4, 0.5) is 10.5 Å². The van der Waals surface area contributed by atoms with Crippen molar-refractivity contribution < 1.29 is 34.0 Å². The number of amides is 1. The lowest BCUT2D eigenvalue weighted by Crippen LogP contribution is -2.37. The minimum absolute atomic E-state index is 0.0120. The normalized spacial score (nSPS) is 21.1. The molecule has 2 heterocycles. The summed E-state index contributed by atoms with van der Waals surface area (Å²) in [4.78, 5) is 25.5. The van der Waals surface area contributed by atoms with Crippen molar-refractivity contribution in [3.63, 3.8) is 0 Å². The molecule has 11 heteroatoms. The van der Waals surface area contributed by atoms with Gasteiger partial charge in [-0.1, -0.05) is 6.07 Å². The fourth-order valence-electron chi connectivity index (χ4n) is 6.80. The Balaban J connectivity index is 0.966. The van der Waals surface area contributed by atoms with Crippen LogP contribution in [0.3, 0.4) is 0 Å². The molecule has 2 aliphatic carbocycles. The van der Waals surface area contributed by atoms with Crippen molar-refractivity contribution in [1.29, 1.82) is 0 Å². The van der Waals surface area contributed by atoms with Crippen LogP contribution in [-0.4, -0.2) is 47.1 Å². The number of phenols is 2. The van der Waals surface area contributed by atoms with Crippen molar-refractivity contribution in [3.8, 4) is 34.8 Å². The summed E-state index contributed by atoms with van der Waals surface area (Å²) in [6.45, 7) is 1.12. The summed E-state index contributed by atoms with van der Waals surface area (Å²) in [5, 5.41) is 29.4. The first-order valence-corrected chi connectivity index (χ1v) is 15.4. The molecule has 7 rings (SSSR count). The SMILES string of the molecule is O=C(NCCNC(=S)Nc1ccc2c(c1)C(=O)OC21c2ccc(O)cc2Oc2cc(O)ccc21)OC[C@@H]1[C@@H]2CCC#CCC[C@@H]21. The Kier molecular flexibility index (Phi) is 7.37. The lowest BCUT2D eigenvalue weighted by molar-refractivity contribution is 0.0224. The van der Waals surface area contributed by atoms with Gasteiger partial charge in [0.05, 0.1) is 12.2 Å². The van der Waals surface area contributed by atoms with Crippen molar-refractivity contribution in [2.45, 2.75) is 31.3 Å². The number of carbonyl (C=O) groups is 2. The number of aromatic hydroxyl groups is 2. The van der Waals surface area contributed by atoms with Crippen molar-refractivity contribution in [2.75, 3.05) is 25.0 Å². The van der Waals surface area contributed by atoms with E-state index < -0.39 is 17.7 Å². The molecule has 5 N–H and O–H groups in total. The highest BCUT2D eigenvalue weighted by Gasteiger charge is 2.54. The van der Waals surface area contributed by atoms with Crippen molar-refractivity contribution in [2.24, 2.45) is 17.8 Å². The summed E-state index contributed by atoms with van der Waals surface area (Å²) in [6.07, 6.45) is 3.58. The van der Waals surface area contributed by atoms with Crippen LogP contribution in [0.15, 0.2) is 54.6 Å². The Bertz CT molecular complexity index is 1710. The number of thiocarbonyl (C=S) groups is 1. The zero-order valence-corrected chi connectivity index (χ0v) is 25.0. The van der Waals surface area contributed by atoms with E-state index in [1.807, 2.05) is 0 Å². The third-order valence-electron chi connectivity index (χ3n) is 8.96. The zero-order valence-electron chi connectivity index (χ0n) is 24.2. The van der Waals surface area contributed by atoms with Gasteiger partial charge < -0.3 is 40.4 Å². The van der Waals surface area contributed by atoms with E-state index in [-0.39, 0.29) is 11.5 Å². The molecule has 10 nitrogen and oxygen atoms in total. The quantitative estimate of drug-likeness (QED) is 0.109. The fraction of sp³-hybridized carbons (Fsp3) is 0.324. The molecular weight excluding hydrogens is 594 g/mol. The van der Waals surface area contributed by atoms with E-state index >= 15 is 0 Å². The van der Waals surface area contributed by atoms with Gasteiger partial charge >= 0.3 is 12.1 Å². The number of ether oxygens (including phenoxy) is 3. The first-order chi connectivity index (χ1) is 21.8. The third-order valence-corrected chi connectivity index (χ3v) is 9.20. The molecule has 0 unspecified atom stereocenters. The first kappa shape index (κ1) is 28.8. The minimum atomic E-state index is -1.33. The van der Waals surface area contributed by atoms with Crippen molar-refractivity contribution >= 4 is 35.1 Å². The highest BCUT2D eigenvalue weighted by Crippen LogP contribution is 2.57. The number of nitrogens with one attached hydrogen (secondary N) is 3. The van der Waals surface area contributed by atoms with Crippen LogP contribution in [0.25, 0.3) is 0 Å².